The van der Waals surface area contributed by atoms with Crippen LogP contribution in [0.5, 0.6) is 0 Å². The molecule has 0 radical (unpaired) electrons. The van der Waals surface area contributed by atoms with Gasteiger partial charge in [0.05, 0.1) is 29.8 Å². The van der Waals surface area contributed by atoms with Crippen molar-refractivity contribution in [1.82, 2.24) is 45.4 Å². The Hall–Kier alpha value is -3.92. The van der Waals surface area contributed by atoms with E-state index in [1.807, 2.05) is 27.0 Å². The van der Waals surface area contributed by atoms with Gasteiger partial charge in [-0.25, -0.2) is 17.8 Å². The van der Waals surface area contributed by atoms with Crippen molar-refractivity contribution in [2.45, 2.75) is 82.0 Å². The van der Waals surface area contributed by atoms with Gasteiger partial charge in [0.2, 0.25) is 11.8 Å². The number of aliphatic hydroxyl groups is 1. The number of aliphatic hydroxyl groups excluding tert-OH is 1. The third-order valence-electron chi connectivity index (χ3n) is 7.49. The number of sulfonamides is 1. The number of likely N-dealkylation sites (tertiary alicyclic amines) is 1. The number of anilines is 1. The van der Waals surface area contributed by atoms with Crippen molar-refractivity contribution < 1.29 is 23.1 Å². The van der Waals surface area contributed by atoms with Crippen molar-refractivity contribution >= 4 is 27.8 Å². The Morgan fingerprint density at radius 1 is 1.10 bits per heavy atom. The summed E-state index contributed by atoms with van der Waals surface area (Å²) in [5.41, 5.74) is 0.980. The summed E-state index contributed by atoms with van der Waals surface area (Å²) in [4.78, 5) is 29.9. The molecule has 2 aromatic heterocycles. The van der Waals surface area contributed by atoms with Crippen molar-refractivity contribution in [1.29, 1.82) is 0 Å². The van der Waals surface area contributed by atoms with Gasteiger partial charge in [0.1, 0.15) is 12.1 Å². The highest BCUT2D eigenvalue weighted by molar-refractivity contribution is 7.92. The fourth-order valence-corrected chi connectivity index (χ4v) is 6.09. The molecule has 0 spiro atoms. The zero-order valence-electron chi connectivity index (χ0n) is 24.2. The van der Waals surface area contributed by atoms with E-state index in [-0.39, 0.29) is 29.7 Å². The van der Waals surface area contributed by atoms with E-state index in [0.717, 1.165) is 23.3 Å². The van der Waals surface area contributed by atoms with Gasteiger partial charge >= 0.3 is 0 Å². The van der Waals surface area contributed by atoms with Gasteiger partial charge in [-0.1, -0.05) is 43.2 Å². The predicted octanol–water partition coefficient (Wildman–Crippen LogP) is 0.906. The molecular weight excluding hydrogens is 564 g/mol. The van der Waals surface area contributed by atoms with Crippen LogP contribution in [0.2, 0.25) is 0 Å². The highest BCUT2D eigenvalue weighted by Crippen LogP contribution is 2.40. The van der Waals surface area contributed by atoms with E-state index in [0.29, 0.717) is 11.5 Å². The second-order valence-corrected chi connectivity index (χ2v) is 13.8. The Morgan fingerprint density at radius 3 is 2.38 bits per heavy atom. The molecule has 16 heteroatoms. The molecule has 3 N–H and O–H groups in total. The van der Waals surface area contributed by atoms with Gasteiger partial charge in [-0.05, 0) is 48.1 Å². The van der Waals surface area contributed by atoms with Crippen LogP contribution in [0.15, 0.2) is 35.4 Å². The molecule has 1 aliphatic heterocycles. The normalized spacial score (nSPS) is 20.8. The molecule has 1 saturated heterocycles. The molecule has 3 aromatic rings. The molecule has 1 unspecified atom stereocenters. The summed E-state index contributed by atoms with van der Waals surface area (Å²) in [5.74, 6) is -0.493. The number of nitrogens with one attached hydrogen (secondary N) is 2. The van der Waals surface area contributed by atoms with Crippen LogP contribution < -0.4 is 10.0 Å². The first-order valence-corrected chi connectivity index (χ1v) is 15.3. The first kappa shape index (κ1) is 29.6. The average molecular weight is 601 g/mol. The summed E-state index contributed by atoms with van der Waals surface area (Å²) in [6.45, 7) is 7.58. The number of hydrogen-bond donors (Lipinski definition) is 3. The maximum atomic E-state index is 13.9. The van der Waals surface area contributed by atoms with Crippen LogP contribution in [0, 0.1) is 5.41 Å². The quantitative estimate of drug-likeness (QED) is 0.318. The lowest BCUT2D eigenvalue weighted by atomic mass is 9.85. The highest BCUT2D eigenvalue weighted by Gasteiger charge is 2.45. The molecule has 15 nitrogen and oxygen atoms in total. The molecule has 1 aliphatic carbocycles. The Morgan fingerprint density at radius 2 is 1.79 bits per heavy atom. The number of carbonyl (C=O) groups is 2. The molecule has 2 fully saturated rings. The number of tetrazole rings is 1. The van der Waals surface area contributed by atoms with Crippen LogP contribution in [0.4, 0.5) is 5.95 Å². The minimum atomic E-state index is -3.94. The van der Waals surface area contributed by atoms with Crippen LogP contribution in [0.1, 0.15) is 76.2 Å². The number of rotatable bonds is 9. The van der Waals surface area contributed by atoms with E-state index in [1.54, 1.807) is 23.7 Å². The summed E-state index contributed by atoms with van der Waals surface area (Å²) in [5, 5.41) is 33.0. The molecule has 4 atom stereocenters. The standard InChI is InChI=1S/C26H36N10O5S/c1-15(16-8-10-19(11-9-16)42(40,41)31-25-29-32-34(5)30-25)27-23(38)21-12-18(37)13-35(21)24(39)22(26(2,3)4)36-14-20(28-33-36)17-6-7-17/h8-11,14-15,17-18,21-22,37H,6-7,12-13H2,1-5H3,(H,27,38)(H,30,31)/t15?,18-,21+,22-/m0/s1. The topological polar surface area (TPSA) is 190 Å². The maximum absolute atomic E-state index is 13.9. The fourth-order valence-electron chi connectivity index (χ4n) is 5.16. The number of hydrogen-bond acceptors (Lipinski definition) is 10. The summed E-state index contributed by atoms with van der Waals surface area (Å²) >= 11 is 0. The number of aromatic nitrogens is 7. The molecule has 5 rings (SSSR count). The smallest absolute Gasteiger partial charge is 0.277 e. The van der Waals surface area contributed by atoms with Crippen molar-refractivity contribution in [2.24, 2.45) is 12.5 Å². The predicted molar refractivity (Wildman–Crippen MR) is 149 cm³/mol. The minimum absolute atomic E-state index is 0.0147. The summed E-state index contributed by atoms with van der Waals surface area (Å²) < 4.78 is 29.2. The average Bonchev–Trinajstić information content (AvgIpc) is 3.29. The van der Waals surface area contributed by atoms with Gasteiger partial charge in [-0.3, -0.25) is 9.59 Å². The zero-order valence-corrected chi connectivity index (χ0v) is 25.0. The first-order valence-electron chi connectivity index (χ1n) is 13.8. The van der Waals surface area contributed by atoms with Gasteiger partial charge in [0, 0.05) is 25.1 Å². The molecule has 1 aromatic carbocycles. The summed E-state index contributed by atoms with van der Waals surface area (Å²) in [6, 6.07) is 3.90. The number of β-amino-alcohol motifs (C(OH)–C–C–N with tert-alkyl or cyclic N) is 1. The van der Waals surface area contributed by atoms with Gasteiger partial charge in [-0.15, -0.1) is 10.2 Å². The molecule has 42 heavy (non-hydrogen) atoms. The van der Waals surface area contributed by atoms with Gasteiger partial charge in [0.25, 0.3) is 16.0 Å². The van der Waals surface area contributed by atoms with Crippen molar-refractivity contribution in [3.63, 3.8) is 0 Å². The molecule has 3 heterocycles. The van der Waals surface area contributed by atoms with Crippen molar-refractivity contribution in [3.05, 3.63) is 41.7 Å². The number of amides is 2. The van der Waals surface area contributed by atoms with E-state index in [4.69, 9.17) is 0 Å². The van der Waals surface area contributed by atoms with E-state index < -0.39 is 45.6 Å². The lowest BCUT2D eigenvalue weighted by Gasteiger charge is -2.34. The van der Waals surface area contributed by atoms with Gasteiger partial charge in [-0.2, -0.15) is 4.80 Å². The molecule has 1 saturated carbocycles. The SMILES string of the molecule is CC(NC(=O)[C@H]1C[C@H](O)CN1C(=O)[C@H](n1cc(C2CC2)nn1)C(C)(C)C)c1ccc(S(=O)(=O)Nc2nnn(C)n2)cc1. The molecular formula is C26H36N10O5S. The number of carbonyl (C=O) groups excluding carboxylic acids is 2. The zero-order chi connectivity index (χ0) is 30.4. The monoisotopic (exact) mass is 600 g/mol. The van der Waals surface area contributed by atoms with E-state index in [9.17, 15) is 23.1 Å². The molecule has 2 aliphatic rings. The molecule has 0 bridgehead atoms. The van der Waals surface area contributed by atoms with Crippen molar-refractivity contribution in [3.8, 4) is 0 Å². The Bertz CT molecular complexity index is 1560. The number of benzene rings is 1. The summed E-state index contributed by atoms with van der Waals surface area (Å²) in [6.07, 6.45) is 3.19. The summed E-state index contributed by atoms with van der Waals surface area (Å²) in [7, 11) is -2.43. The first-order chi connectivity index (χ1) is 19.7. The van der Waals surface area contributed by atoms with Crippen LogP contribution >= 0.6 is 0 Å². The van der Waals surface area contributed by atoms with Crippen LogP contribution in [-0.4, -0.2) is 84.1 Å². The fraction of sp³-hybridized carbons (Fsp3) is 0.577. The number of nitrogens with zero attached hydrogens (tertiary/aromatic N) is 8. The Labute approximate surface area is 243 Å². The Balaban J connectivity index is 1.28. The third-order valence-corrected chi connectivity index (χ3v) is 8.83. The second-order valence-electron chi connectivity index (χ2n) is 12.1. The lowest BCUT2D eigenvalue weighted by molar-refractivity contribution is -0.144. The van der Waals surface area contributed by atoms with Gasteiger partial charge in [0.15, 0.2) is 0 Å². The third kappa shape index (κ3) is 6.28. The lowest BCUT2D eigenvalue weighted by Crippen LogP contribution is -2.50. The Kier molecular flexibility index (Phi) is 7.78. The highest BCUT2D eigenvalue weighted by atomic mass is 32.2. The molecule has 2 amide bonds. The second kappa shape index (κ2) is 11.1. The van der Waals surface area contributed by atoms with Crippen LogP contribution in [0.25, 0.3) is 0 Å². The number of aryl methyl sites for hydroxylation is 1. The van der Waals surface area contributed by atoms with Crippen LogP contribution in [-0.2, 0) is 26.7 Å². The minimum Gasteiger partial charge on any atom is -0.391 e. The van der Waals surface area contributed by atoms with Crippen LogP contribution in [0.3, 0.4) is 0 Å². The van der Waals surface area contributed by atoms with E-state index in [1.165, 1.54) is 24.1 Å². The van der Waals surface area contributed by atoms with Gasteiger partial charge < -0.3 is 15.3 Å². The van der Waals surface area contributed by atoms with E-state index >= 15 is 0 Å². The van der Waals surface area contributed by atoms with Crippen molar-refractivity contribution in [2.75, 3.05) is 11.3 Å². The largest absolute Gasteiger partial charge is 0.391 e. The molecule has 226 valence electrons. The van der Waals surface area contributed by atoms with E-state index in [2.05, 4.69) is 35.8 Å². The maximum Gasteiger partial charge on any atom is 0.277 e.